The fraction of sp³-hybridized carbons (Fsp3) is 0.250. The Balaban J connectivity index is 1.63. The van der Waals surface area contributed by atoms with Gasteiger partial charge in [-0.25, -0.2) is 4.98 Å². The standard InChI is InChI=1S/C20H21N3O/c1-2-22-13-17-5-3-4-6-19(17)24-20(14-22)16-7-9-18(10-8-16)23-12-11-21-15-23/h3-12,15,20H,2,13-14H2,1H3. The first-order valence-electron chi connectivity index (χ1n) is 8.38. The largest absolute Gasteiger partial charge is 0.484 e. The number of fused-ring (bicyclic) bond motifs is 1. The summed E-state index contributed by atoms with van der Waals surface area (Å²) < 4.78 is 8.35. The van der Waals surface area contributed by atoms with Crippen molar-refractivity contribution in [1.29, 1.82) is 0 Å². The Morgan fingerprint density at radius 2 is 1.96 bits per heavy atom. The van der Waals surface area contributed by atoms with Gasteiger partial charge in [-0.1, -0.05) is 37.3 Å². The number of rotatable bonds is 3. The number of imidazole rings is 1. The topological polar surface area (TPSA) is 30.3 Å². The molecule has 2 aromatic carbocycles. The average molecular weight is 319 g/mol. The number of aromatic nitrogens is 2. The Kier molecular flexibility index (Phi) is 4.05. The van der Waals surface area contributed by atoms with Crippen molar-refractivity contribution in [2.75, 3.05) is 13.1 Å². The normalized spacial score (nSPS) is 17.8. The molecule has 4 heteroatoms. The molecule has 0 amide bonds. The second-order valence-corrected chi connectivity index (χ2v) is 6.10. The molecule has 4 rings (SSSR count). The van der Waals surface area contributed by atoms with E-state index in [-0.39, 0.29) is 6.10 Å². The van der Waals surface area contributed by atoms with Crippen molar-refractivity contribution in [3.8, 4) is 11.4 Å². The Morgan fingerprint density at radius 3 is 2.71 bits per heavy atom. The van der Waals surface area contributed by atoms with Crippen LogP contribution in [0.4, 0.5) is 0 Å². The highest BCUT2D eigenvalue weighted by Crippen LogP contribution is 2.31. The molecule has 1 atom stereocenters. The number of nitrogens with zero attached hydrogens (tertiary/aromatic N) is 3. The van der Waals surface area contributed by atoms with Gasteiger partial charge < -0.3 is 9.30 Å². The summed E-state index contributed by atoms with van der Waals surface area (Å²) >= 11 is 0. The van der Waals surface area contributed by atoms with Gasteiger partial charge in [0, 0.05) is 36.7 Å². The van der Waals surface area contributed by atoms with Gasteiger partial charge in [-0.15, -0.1) is 0 Å². The van der Waals surface area contributed by atoms with Crippen LogP contribution >= 0.6 is 0 Å². The molecule has 2 heterocycles. The van der Waals surface area contributed by atoms with Crippen LogP contribution in [-0.4, -0.2) is 27.5 Å². The maximum absolute atomic E-state index is 6.34. The minimum Gasteiger partial charge on any atom is -0.484 e. The highest BCUT2D eigenvalue weighted by molar-refractivity contribution is 5.38. The minimum atomic E-state index is 0.0467. The molecule has 1 aliphatic heterocycles. The molecule has 0 N–H and O–H groups in total. The second kappa shape index (κ2) is 6.49. The molecular formula is C20H21N3O. The quantitative estimate of drug-likeness (QED) is 0.735. The van der Waals surface area contributed by atoms with E-state index in [9.17, 15) is 0 Å². The molecule has 122 valence electrons. The fourth-order valence-corrected chi connectivity index (χ4v) is 3.17. The maximum atomic E-state index is 6.34. The molecule has 1 aromatic heterocycles. The summed E-state index contributed by atoms with van der Waals surface area (Å²) in [6.45, 7) is 5.06. The first-order valence-corrected chi connectivity index (χ1v) is 8.38. The molecule has 0 aliphatic carbocycles. The second-order valence-electron chi connectivity index (χ2n) is 6.10. The molecule has 0 saturated carbocycles. The summed E-state index contributed by atoms with van der Waals surface area (Å²) in [5, 5.41) is 0. The molecule has 0 fully saturated rings. The van der Waals surface area contributed by atoms with Gasteiger partial charge in [0.2, 0.25) is 0 Å². The third kappa shape index (κ3) is 2.93. The number of ether oxygens (including phenoxy) is 1. The number of benzene rings is 2. The summed E-state index contributed by atoms with van der Waals surface area (Å²) in [6, 6.07) is 16.9. The van der Waals surface area contributed by atoms with Gasteiger partial charge in [-0.3, -0.25) is 4.90 Å². The molecule has 24 heavy (non-hydrogen) atoms. The minimum absolute atomic E-state index is 0.0467. The number of para-hydroxylation sites is 1. The highest BCUT2D eigenvalue weighted by atomic mass is 16.5. The number of hydrogen-bond acceptors (Lipinski definition) is 3. The fourth-order valence-electron chi connectivity index (χ4n) is 3.17. The summed E-state index contributed by atoms with van der Waals surface area (Å²) in [5.74, 6) is 0.997. The molecule has 1 unspecified atom stereocenters. The number of hydrogen-bond donors (Lipinski definition) is 0. The lowest BCUT2D eigenvalue weighted by Crippen LogP contribution is -2.27. The van der Waals surface area contributed by atoms with Crippen molar-refractivity contribution < 1.29 is 4.74 Å². The van der Waals surface area contributed by atoms with Crippen molar-refractivity contribution in [3.63, 3.8) is 0 Å². The zero-order valence-corrected chi connectivity index (χ0v) is 13.8. The SMILES string of the molecule is CCN1Cc2ccccc2OC(c2ccc(-n3ccnc3)cc2)C1. The van der Waals surface area contributed by atoms with Crippen LogP contribution in [0.15, 0.2) is 67.3 Å². The predicted octanol–water partition coefficient (Wildman–Crippen LogP) is 3.83. The molecule has 1 aliphatic rings. The van der Waals surface area contributed by atoms with E-state index in [1.54, 1.807) is 6.20 Å². The summed E-state index contributed by atoms with van der Waals surface area (Å²) in [4.78, 5) is 6.53. The van der Waals surface area contributed by atoms with E-state index in [4.69, 9.17) is 4.74 Å². The molecule has 0 bridgehead atoms. The van der Waals surface area contributed by atoms with Gasteiger partial charge in [0.05, 0.1) is 6.33 Å². The van der Waals surface area contributed by atoms with Crippen molar-refractivity contribution in [2.45, 2.75) is 19.6 Å². The van der Waals surface area contributed by atoms with Crippen LogP contribution in [0.1, 0.15) is 24.2 Å². The van der Waals surface area contributed by atoms with E-state index < -0.39 is 0 Å². The van der Waals surface area contributed by atoms with Crippen molar-refractivity contribution in [3.05, 3.63) is 78.4 Å². The van der Waals surface area contributed by atoms with E-state index in [1.807, 2.05) is 23.2 Å². The van der Waals surface area contributed by atoms with E-state index >= 15 is 0 Å². The predicted molar refractivity (Wildman–Crippen MR) is 94.3 cm³/mol. The third-order valence-electron chi connectivity index (χ3n) is 4.57. The summed E-state index contributed by atoms with van der Waals surface area (Å²) in [7, 11) is 0. The Morgan fingerprint density at radius 1 is 1.12 bits per heavy atom. The van der Waals surface area contributed by atoms with Crippen LogP contribution in [0.5, 0.6) is 5.75 Å². The van der Waals surface area contributed by atoms with Crippen molar-refractivity contribution >= 4 is 0 Å². The molecule has 0 saturated heterocycles. The van der Waals surface area contributed by atoms with Crippen LogP contribution in [0.25, 0.3) is 5.69 Å². The molecule has 0 radical (unpaired) electrons. The van der Waals surface area contributed by atoms with Crippen LogP contribution in [0, 0.1) is 0 Å². The van der Waals surface area contributed by atoms with E-state index in [0.29, 0.717) is 0 Å². The smallest absolute Gasteiger partial charge is 0.136 e. The maximum Gasteiger partial charge on any atom is 0.136 e. The monoisotopic (exact) mass is 319 g/mol. The third-order valence-corrected chi connectivity index (χ3v) is 4.57. The van der Waals surface area contributed by atoms with E-state index in [2.05, 4.69) is 59.3 Å². The van der Waals surface area contributed by atoms with Crippen molar-refractivity contribution in [1.82, 2.24) is 14.5 Å². The average Bonchev–Trinajstić information content (AvgIpc) is 3.09. The van der Waals surface area contributed by atoms with Gasteiger partial charge in [-0.2, -0.15) is 0 Å². The van der Waals surface area contributed by atoms with E-state index in [1.165, 1.54) is 11.1 Å². The molecule has 4 nitrogen and oxygen atoms in total. The van der Waals surface area contributed by atoms with Gasteiger partial charge in [0.1, 0.15) is 11.9 Å². The van der Waals surface area contributed by atoms with Crippen LogP contribution in [0.2, 0.25) is 0 Å². The van der Waals surface area contributed by atoms with Gasteiger partial charge in [-0.05, 0) is 30.3 Å². The Hall–Kier alpha value is -2.59. The van der Waals surface area contributed by atoms with Crippen LogP contribution in [0.3, 0.4) is 0 Å². The summed E-state index contributed by atoms with van der Waals surface area (Å²) in [6.07, 6.45) is 5.60. The molecular weight excluding hydrogens is 298 g/mol. The first kappa shape index (κ1) is 15.0. The molecule has 3 aromatic rings. The first-order chi connectivity index (χ1) is 11.8. The Bertz CT molecular complexity index is 796. The van der Waals surface area contributed by atoms with Gasteiger partial charge in [0.15, 0.2) is 0 Å². The molecule has 0 spiro atoms. The summed E-state index contributed by atoms with van der Waals surface area (Å²) in [5.41, 5.74) is 3.57. The number of likely N-dealkylation sites (N-methyl/N-ethyl adjacent to an activating group) is 1. The highest BCUT2D eigenvalue weighted by Gasteiger charge is 2.23. The lowest BCUT2D eigenvalue weighted by Gasteiger charge is -2.23. The van der Waals surface area contributed by atoms with Crippen LogP contribution in [-0.2, 0) is 6.54 Å². The van der Waals surface area contributed by atoms with Gasteiger partial charge >= 0.3 is 0 Å². The Labute approximate surface area is 142 Å². The van der Waals surface area contributed by atoms with Crippen LogP contribution < -0.4 is 4.74 Å². The van der Waals surface area contributed by atoms with Crippen molar-refractivity contribution in [2.24, 2.45) is 0 Å². The lowest BCUT2D eigenvalue weighted by atomic mass is 10.1. The van der Waals surface area contributed by atoms with Gasteiger partial charge in [0.25, 0.3) is 0 Å². The zero-order chi connectivity index (χ0) is 16.4. The lowest BCUT2D eigenvalue weighted by molar-refractivity contribution is 0.152. The van der Waals surface area contributed by atoms with E-state index in [0.717, 1.165) is 31.1 Å². The zero-order valence-electron chi connectivity index (χ0n) is 13.8.